The van der Waals surface area contributed by atoms with Crippen LogP contribution in [0.1, 0.15) is 37.4 Å². The molecule has 1 aliphatic heterocycles. The predicted octanol–water partition coefficient (Wildman–Crippen LogP) is 6.26. The van der Waals surface area contributed by atoms with E-state index < -0.39 is 5.97 Å². The van der Waals surface area contributed by atoms with E-state index in [4.69, 9.17) is 11.6 Å². The predicted molar refractivity (Wildman–Crippen MR) is 141 cm³/mol. The summed E-state index contributed by atoms with van der Waals surface area (Å²) in [4.78, 5) is 50.7. The van der Waals surface area contributed by atoms with Gasteiger partial charge in [0.2, 0.25) is 0 Å². The highest BCUT2D eigenvalue weighted by molar-refractivity contribution is 8.18. The number of methoxy groups -OCH3 is 1. The first kappa shape index (κ1) is 25.2. The molecule has 0 aromatic heterocycles. The van der Waals surface area contributed by atoms with Gasteiger partial charge in [0.15, 0.2) is 5.78 Å². The third kappa shape index (κ3) is 6.00. The van der Waals surface area contributed by atoms with E-state index in [9.17, 15) is 19.2 Å². The van der Waals surface area contributed by atoms with Crippen molar-refractivity contribution in [3.63, 3.8) is 0 Å². The molecule has 1 heterocycles. The summed E-state index contributed by atoms with van der Waals surface area (Å²) in [6.45, 7) is 0.105. The van der Waals surface area contributed by atoms with Gasteiger partial charge in [-0.3, -0.25) is 19.3 Å². The number of carbonyl (C=O) groups is 4. The van der Waals surface area contributed by atoms with Crippen molar-refractivity contribution < 1.29 is 23.9 Å². The van der Waals surface area contributed by atoms with Gasteiger partial charge in [-0.05, 0) is 64.9 Å². The zero-order valence-corrected chi connectivity index (χ0v) is 20.7. The van der Waals surface area contributed by atoms with E-state index in [1.54, 1.807) is 60.7 Å². The monoisotopic (exact) mass is 517 g/mol. The van der Waals surface area contributed by atoms with E-state index in [2.05, 4.69) is 4.74 Å². The molecule has 1 fully saturated rings. The molecule has 1 saturated heterocycles. The van der Waals surface area contributed by atoms with Gasteiger partial charge in [0, 0.05) is 10.6 Å². The molecule has 0 bridgehead atoms. The number of allylic oxidation sites excluding steroid dienone is 1. The molecule has 0 radical (unpaired) electrons. The molecule has 0 atom stereocenters. The first-order valence-corrected chi connectivity index (χ1v) is 12.0. The molecular weight excluding hydrogens is 498 g/mol. The van der Waals surface area contributed by atoms with Crippen LogP contribution in [-0.2, 0) is 16.1 Å². The van der Waals surface area contributed by atoms with E-state index in [0.29, 0.717) is 21.1 Å². The van der Waals surface area contributed by atoms with Gasteiger partial charge in [-0.2, -0.15) is 0 Å². The standard InChI is InChI=1S/C28H20ClNO5S/c1-35-27(33)21-12-9-20(10-13-21)17-30-26(32)25(36-28(30)34)15-19-7-5-18(6-8-19)11-14-24(31)22-3-2-4-23(29)16-22/h2-16H,17H2,1H3/b14-11+,25-15-. The summed E-state index contributed by atoms with van der Waals surface area (Å²) in [5.41, 5.74) is 3.18. The quantitative estimate of drug-likeness (QED) is 0.209. The number of halogens is 1. The number of imide groups is 1. The van der Waals surface area contributed by atoms with Gasteiger partial charge < -0.3 is 4.74 Å². The number of ether oxygens (including phenoxy) is 1. The highest BCUT2D eigenvalue weighted by Gasteiger charge is 2.35. The smallest absolute Gasteiger partial charge is 0.337 e. The first-order valence-electron chi connectivity index (χ1n) is 10.8. The number of esters is 1. The van der Waals surface area contributed by atoms with Crippen LogP contribution < -0.4 is 0 Å². The number of hydrogen-bond acceptors (Lipinski definition) is 6. The minimum absolute atomic E-state index is 0.105. The number of amides is 2. The van der Waals surface area contributed by atoms with Gasteiger partial charge in [0.05, 0.1) is 24.1 Å². The van der Waals surface area contributed by atoms with Gasteiger partial charge in [0.25, 0.3) is 11.1 Å². The highest BCUT2D eigenvalue weighted by atomic mass is 35.5. The topological polar surface area (TPSA) is 80.8 Å². The number of carbonyl (C=O) groups excluding carboxylic acids is 4. The maximum atomic E-state index is 12.8. The van der Waals surface area contributed by atoms with Gasteiger partial charge in [-0.15, -0.1) is 0 Å². The van der Waals surface area contributed by atoms with E-state index in [1.165, 1.54) is 18.1 Å². The van der Waals surface area contributed by atoms with Crippen LogP contribution in [0.15, 0.2) is 83.8 Å². The summed E-state index contributed by atoms with van der Waals surface area (Å²) < 4.78 is 4.68. The lowest BCUT2D eigenvalue weighted by Crippen LogP contribution is -2.27. The summed E-state index contributed by atoms with van der Waals surface area (Å²) in [5, 5.41) is 0.141. The maximum Gasteiger partial charge on any atom is 0.337 e. The minimum Gasteiger partial charge on any atom is -0.465 e. The normalized spacial score (nSPS) is 14.6. The van der Waals surface area contributed by atoms with E-state index >= 15 is 0 Å². The molecular formula is C28H20ClNO5S. The molecule has 3 aromatic rings. The van der Waals surface area contributed by atoms with Crippen LogP contribution in [0.5, 0.6) is 0 Å². The summed E-state index contributed by atoms with van der Waals surface area (Å²) in [7, 11) is 1.30. The molecule has 6 nitrogen and oxygen atoms in total. The van der Waals surface area contributed by atoms with Gasteiger partial charge in [0.1, 0.15) is 0 Å². The van der Waals surface area contributed by atoms with Gasteiger partial charge >= 0.3 is 5.97 Å². The van der Waals surface area contributed by atoms with Crippen LogP contribution in [-0.4, -0.2) is 34.9 Å². The Bertz CT molecular complexity index is 1390. The van der Waals surface area contributed by atoms with Crippen molar-refractivity contribution >= 4 is 58.4 Å². The van der Waals surface area contributed by atoms with Crippen molar-refractivity contribution in [1.82, 2.24) is 4.90 Å². The second-order valence-electron chi connectivity index (χ2n) is 7.83. The van der Waals surface area contributed by atoms with Crippen LogP contribution in [0.3, 0.4) is 0 Å². The van der Waals surface area contributed by atoms with E-state index in [1.807, 2.05) is 24.3 Å². The lowest BCUT2D eigenvalue weighted by Gasteiger charge is -2.12. The van der Waals surface area contributed by atoms with Crippen molar-refractivity contribution in [2.75, 3.05) is 7.11 Å². The average Bonchev–Trinajstić information content (AvgIpc) is 3.15. The molecule has 0 N–H and O–H groups in total. The van der Waals surface area contributed by atoms with E-state index in [-0.39, 0.29) is 23.5 Å². The minimum atomic E-state index is -0.454. The number of nitrogens with zero attached hydrogens (tertiary/aromatic N) is 1. The third-order valence-corrected chi connectivity index (χ3v) is 6.50. The summed E-state index contributed by atoms with van der Waals surface area (Å²) in [5.74, 6) is -0.988. The molecule has 36 heavy (non-hydrogen) atoms. The second kappa shape index (κ2) is 11.2. The van der Waals surface area contributed by atoms with Crippen LogP contribution >= 0.6 is 23.4 Å². The zero-order valence-electron chi connectivity index (χ0n) is 19.1. The Balaban J connectivity index is 1.41. The van der Waals surface area contributed by atoms with E-state index in [0.717, 1.165) is 28.5 Å². The average molecular weight is 518 g/mol. The fourth-order valence-corrected chi connectivity index (χ4v) is 4.48. The van der Waals surface area contributed by atoms with Crippen LogP contribution in [0.2, 0.25) is 5.02 Å². The molecule has 0 saturated carbocycles. The summed E-state index contributed by atoms with van der Waals surface area (Å²) >= 11 is 6.82. The van der Waals surface area contributed by atoms with Crippen molar-refractivity contribution in [1.29, 1.82) is 0 Å². The zero-order chi connectivity index (χ0) is 25.7. The number of benzene rings is 3. The van der Waals surface area contributed by atoms with Crippen molar-refractivity contribution in [3.8, 4) is 0 Å². The van der Waals surface area contributed by atoms with Gasteiger partial charge in [-0.1, -0.05) is 66.2 Å². The third-order valence-electron chi connectivity index (χ3n) is 5.36. The molecule has 0 unspecified atom stereocenters. The highest BCUT2D eigenvalue weighted by Crippen LogP contribution is 2.33. The van der Waals surface area contributed by atoms with Gasteiger partial charge in [-0.25, -0.2) is 4.79 Å². The number of rotatable bonds is 7. The molecule has 2 amide bonds. The molecule has 3 aromatic carbocycles. The maximum absolute atomic E-state index is 12.8. The molecule has 4 rings (SSSR count). The Labute approximate surface area is 217 Å². The molecule has 8 heteroatoms. The Morgan fingerprint density at radius 3 is 2.31 bits per heavy atom. The fraction of sp³-hybridized carbons (Fsp3) is 0.0714. The molecule has 0 aliphatic carbocycles. The summed E-state index contributed by atoms with van der Waals surface area (Å²) in [6.07, 6.45) is 4.84. The Kier molecular flexibility index (Phi) is 7.83. The second-order valence-corrected chi connectivity index (χ2v) is 9.26. The Hall–Kier alpha value is -3.94. The molecule has 0 spiro atoms. The van der Waals surface area contributed by atoms with Crippen LogP contribution in [0.4, 0.5) is 4.79 Å². The Morgan fingerprint density at radius 2 is 1.64 bits per heavy atom. The van der Waals surface area contributed by atoms with Crippen molar-refractivity contribution in [2.24, 2.45) is 0 Å². The SMILES string of the molecule is COC(=O)c1ccc(CN2C(=O)S/C(=C\c3ccc(/C=C/C(=O)c4cccc(Cl)c4)cc3)C2=O)cc1. The molecule has 180 valence electrons. The number of thioether (sulfide) groups is 1. The van der Waals surface area contributed by atoms with Crippen LogP contribution in [0, 0.1) is 0 Å². The molecule has 1 aliphatic rings. The van der Waals surface area contributed by atoms with Crippen LogP contribution in [0.25, 0.3) is 12.2 Å². The fourth-order valence-electron chi connectivity index (χ4n) is 3.45. The lowest BCUT2D eigenvalue weighted by molar-refractivity contribution is -0.123. The van der Waals surface area contributed by atoms with Crippen molar-refractivity contribution in [2.45, 2.75) is 6.54 Å². The Morgan fingerprint density at radius 1 is 0.944 bits per heavy atom. The number of ketones is 1. The summed E-state index contributed by atoms with van der Waals surface area (Å²) in [6, 6.07) is 20.6. The largest absolute Gasteiger partial charge is 0.465 e. The lowest BCUT2D eigenvalue weighted by atomic mass is 10.1. The van der Waals surface area contributed by atoms with Crippen molar-refractivity contribution in [3.05, 3.63) is 117 Å². The first-order chi connectivity index (χ1) is 17.3. The number of hydrogen-bond donors (Lipinski definition) is 0.